The highest BCUT2D eigenvalue weighted by atomic mass is 32.2. The second-order valence-corrected chi connectivity index (χ2v) is 4.68. The molecule has 2 aromatic rings. The monoisotopic (exact) mass is 219 g/mol. The van der Waals surface area contributed by atoms with Gasteiger partial charge in [0.15, 0.2) is 0 Å². The van der Waals surface area contributed by atoms with Crippen molar-refractivity contribution in [1.29, 1.82) is 0 Å². The van der Waals surface area contributed by atoms with Gasteiger partial charge >= 0.3 is 0 Å². The molecule has 0 aliphatic heterocycles. The summed E-state index contributed by atoms with van der Waals surface area (Å²) in [7, 11) is -1.02. The van der Waals surface area contributed by atoms with Crippen LogP contribution < -0.4 is 4.72 Å². The maximum atomic E-state index is 11.1. The van der Waals surface area contributed by atoms with Gasteiger partial charge in [0, 0.05) is 11.9 Å². The van der Waals surface area contributed by atoms with Gasteiger partial charge < -0.3 is 4.72 Å². The first-order valence-corrected chi connectivity index (χ1v) is 6.32. The molecule has 15 heavy (non-hydrogen) atoms. The highest BCUT2D eigenvalue weighted by Gasteiger charge is 2.01. The number of anilines is 1. The van der Waals surface area contributed by atoms with E-state index >= 15 is 0 Å². The lowest BCUT2D eigenvalue weighted by molar-refractivity contribution is 0.690. The van der Waals surface area contributed by atoms with Crippen LogP contribution in [0.4, 0.5) is 5.69 Å². The van der Waals surface area contributed by atoms with E-state index in [0.29, 0.717) is 0 Å². The molecular formula is C12H13NOS. The first kappa shape index (κ1) is 10.2. The Balaban J connectivity index is 2.56. The minimum Gasteiger partial charge on any atom is -0.305 e. The number of aryl methyl sites for hydroxylation is 1. The van der Waals surface area contributed by atoms with Gasteiger partial charge in [-0.25, -0.2) is 4.21 Å². The molecule has 0 radical (unpaired) electrons. The summed E-state index contributed by atoms with van der Waals surface area (Å²) in [6, 6.07) is 12.3. The molecule has 0 aliphatic rings. The molecule has 0 bridgehead atoms. The molecule has 3 heteroatoms. The Labute approximate surface area is 91.9 Å². The van der Waals surface area contributed by atoms with Gasteiger partial charge in [0.1, 0.15) is 11.0 Å². The van der Waals surface area contributed by atoms with Crippen LogP contribution in [0.15, 0.2) is 36.4 Å². The third kappa shape index (κ3) is 2.18. The Bertz CT molecular complexity index is 522. The predicted octanol–water partition coefficient (Wildman–Crippen LogP) is 2.85. The number of nitrogens with one attached hydrogen (secondary N) is 1. The van der Waals surface area contributed by atoms with Crippen LogP contribution in [0.5, 0.6) is 0 Å². The molecule has 0 saturated heterocycles. The lowest BCUT2D eigenvalue weighted by Crippen LogP contribution is -2.02. The van der Waals surface area contributed by atoms with Crippen molar-refractivity contribution in [2.75, 3.05) is 11.0 Å². The van der Waals surface area contributed by atoms with Gasteiger partial charge in [-0.05, 0) is 35.4 Å². The molecule has 1 atom stereocenters. The molecule has 0 heterocycles. The fourth-order valence-electron chi connectivity index (χ4n) is 1.62. The standard InChI is InChI=1S/C12H13NOS/c1-9-7-10-5-3-4-6-11(10)8-12(9)13-15(2)14/h3-8,13H,1-2H3. The van der Waals surface area contributed by atoms with Crippen molar-refractivity contribution in [3.63, 3.8) is 0 Å². The molecule has 2 nitrogen and oxygen atoms in total. The van der Waals surface area contributed by atoms with Crippen molar-refractivity contribution in [1.82, 2.24) is 0 Å². The third-order valence-electron chi connectivity index (χ3n) is 2.35. The Kier molecular flexibility index (Phi) is 2.73. The normalized spacial score (nSPS) is 12.7. The average Bonchev–Trinajstić information content (AvgIpc) is 2.18. The topological polar surface area (TPSA) is 29.1 Å². The summed E-state index contributed by atoms with van der Waals surface area (Å²) in [5, 5.41) is 2.37. The van der Waals surface area contributed by atoms with E-state index < -0.39 is 11.0 Å². The number of fused-ring (bicyclic) bond motifs is 1. The van der Waals surface area contributed by atoms with Crippen LogP contribution in [0.2, 0.25) is 0 Å². The maximum absolute atomic E-state index is 11.1. The average molecular weight is 219 g/mol. The van der Waals surface area contributed by atoms with Gasteiger partial charge in [-0.3, -0.25) is 0 Å². The summed E-state index contributed by atoms with van der Waals surface area (Å²) >= 11 is 0. The van der Waals surface area contributed by atoms with E-state index in [-0.39, 0.29) is 0 Å². The van der Waals surface area contributed by atoms with Crippen molar-refractivity contribution in [3.8, 4) is 0 Å². The summed E-state index contributed by atoms with van der Waals surface area (Å²) in [4.78, 5) is 0. The van der Waals surface area contributed by atoms with Crippen LogP contribution >= 0.6 is 0 Å². The molecule has 0 spiro atoms. The van der Waals surface area contributed by atoms with Gasteiger partial charge in [0.25, 0.3) is 0 Å². The number of hydrogen-bond donors (Lipinski definition) is 1. The van der Waals surface area contributed by atoms with E-state index in [1.165, 1.54) is 5.39 Å². The van der Waals surface area contributed by atoms with Gasteiger partial charge in [0.05, 0.1) is 0 Å². The van der Waals surface area contributed by atoms with Crippen molar-refractivity contribution < 1.29 is 4.21 Å². The fourth-order valence-corrected chi connectivity index (χ4v) is 2.15. The molecule has 0 aliphatic carbocycles. The summed E-state index contributed by atoms with van der Waals surface area (Å²) in [6.45, 7) is 2.02. The van der Waals surface area contributed by atoms with Crippen molar-refractivity contribution in [2.24, 2.45) is 0 Å². The summed E-state index contributed by atoms with van der Waals surface area (Å²) in [5.41, 5.74) is 2.05. The van der Waals surface area contributed by atoms with Crippen LogP contribution in [-0.2, 0) is 11.0 Å². The van der Waals surface area contributed by atoms with Crippen LogP contribution in [0, 0.1) is 6.92 Å². The number of hydrogen-bond acceptors (Lipinski definition) is 1. The molecule has 0 saturated carbocycles. The second kappa shape index (κ2) is 4.03. The molecule has 2 aromatic carbocycles. The smallest absolute Gasteiger partial charge is 0.113 e. The second-order valence-electron chi connectivity index (χ2n) is 3.57. The summed E-state index contributed by atoms with van der Waals surface area (Å²) in [6.07, 6.45) is 1.63. The lowest BCUT2D eigenvalue weighted by atomic mass is 10.1. The first-order chi connectivity index (χ1) is 7.16. The van der Waals surface area contributed by atoms with E-state index in [4.69, 9.17) is 0 Å². The number of rotatable bonds is 2. The van der Waals surface area contributed by atoms with Crippen LogP contribution in [0.1, 0.15) is 5.56 Å². The zero-order valence-electron chi connectivity index (χ0n) is 8.78. The van der Waals surface area contributed by atoms with E-state index in [0.717, 1.165) is 16.6 Å². The van der Waals surface area contributed by atoms with E-state index in [1.54, 1.807) is 6.26 Å². The SMILES string of the molecule is Cc1cc2ccccc2cc1NS(C)=O. The zero-order chi connectivity index (χ0) is 10.8. The molecule has 78 valence electrons. The van der Waals surface area contributed by atoms with Gasteiger partial charge in [-0.1, -0.05) is 24.3 Å². The molecule has 0 fully saturated rings. The van der Waals surface area contributed by atoms with Crippen molar-refractivity contribution >= 4 is 27.4 Å². The van der Waals surface area contributed by atoms with Crippen LogP contribution in [0.3, 0.4) is 0 Å². The van der Waals surface area contributed by atoms with Gasteiger partial charge in [-0.15, -0.1) is 0 Å². The van der Waals surface area contributed by atoms with Gasteiger partial charge in [0.2, 0.25) is 0 Å². The van der Waals surface area contributed by atoms with E-state index in [2.05, 4.69) is 22.9 Å². The highest BCUT2D eigenvalue weighted by molar-refractivity contribution is 7.85. The van der Waals surface area contributed by atoms with E-state index in [9.17, 15) is 4.21 Å². The molecule has 0 amide bonds. The zero-order valence-corrected chi connectivity index (χ0v) is 9.60. The summed E-state index contributed by atoms with van der Waals surface area (Å²) < 4.78 is 14.0. The first-order valence-electron chi connectivity index (χ1n) is 4.76. The Morgan fingerprint density at radius 3 is 2.33 bits per heavy atom. The summed E-state index contributed by atoms with van der Waals surface area (Å²) in [5.74, 6) is 0. The molecule has 1 N–H and O–H groups in total. The minimum absolute atomic E-state index is 0.939. The predicted molar refractivity (Wildman–Crippen MR) is 66.4 cm³/mol. The van der Waals surface area contributed by atoms with Crippen molar-refractivity contribution in [3.05, 3.63) is 42.0 Å². The minimum atomic E-state index is -1.02. The Morgan fingerprint density at radius 1 is 1.13 bits per heavy atom. The molecule has 2 rings (SSSR count). The highest BCUT2D eigenvalue weighted by Crippen LogP contribution is 2.23. The molecule has 0 aromatic heterocycles. The largest absolute Gasteiger partial charge is 0.305 e. The molecule has 1 unspecified atom stereocenters. The van der Waals surface area contributed by atoms with Crippen molar-refractivity contribution in [2.45, 2.75) is 6.92 Å². The van der Waals surface area contributed by atoms with Gasteiger partial charge in [-0.2, -0.15) is 0 Å². The van der Waals surface area contributed by atoms with E-state index in [1.807, 2.05) is 25.1 Å². The third-order valence-corrected chi connectivity index (χ3v) is 2.85. The Morgan fingerprint density at radius 2 is 1.73 bits per heavy atom. The lowest BCUT2D eigenvalue weighted by Gasteiger charge is -2.08. The number of benzene rings is 2. The quantitative estimate of drug-likeness (QED) is 0.826. The maximum Gasteiger partial charge on any atom is 0.113 e. The Hall–Kier alpha value is -1.35. The molecular weight excluding hydrogens is 206 g/mol. The van der Waals surface area contributed by atoms with Crippen LogP contribution in [-0.4, -0.2) is 10.5 Å². The fraction of sp³-hybridized carbons (Fsp3) is 0.167. The van der Waals surface area contributed by atoms with Crippen LogP contribution in [0.25, 0.3) is 10.8 Å².